The molecule has 104 valence electrons. The van der Waals surface area contributed by atoms with Crippen molar-refractivity contribution in [2.45, 2.75) is 24.3 Å². The van der Waals surface area contributed by atoms with Crippen molar-refractivity contribution in [3.05, 3.63) is 23.5 Å². The normalized spacial score (nSPS) is 12.0. The molecule has 1 rings (SSSR count). The summed E-state index contributed by atoms with van der Waals surface area (Å²) in [5, 5.41) is 13.6. The van der Waals surface area contributed by atoms with E-state index in [1.165, 1.54) is 6.07 Å². The van der Waals surface area contributed by atoms with Crippen LogP contribution in [0.4, 0.5) is 13.2 Å². The van der Waals surface area contributed by atoms with Crippen molar-refractivity contribution in [2.24, 2.45) is 5.14 Å². The summed E-state index contributed by atoms with van der Waals surface area (Å²) in [5.41, 5.74) is -0.893. The molecule has 0 fully saturated rings. The number of benzene rings is 1. The van der Waals surface area contributed by atoms with Crippen molar-refractivity contribution < 1.29 is 26.3 Å². The van der Waals surface area contributed by atoms with Gasteiger partial charge in [0.25, 0.3) is 0 Å². The maximum absolute atomic E-state index is 13.4. The summed E-state index contributed by atoms with van der Waals surface area (Å²) < 4.78 is 66.0. The van der Waals surface area contributed by atoms with Crippen molar-refractivity contribution in [3.63, 3.8) is 0 Å². The number of nitriles is 1. The smallest absolute Gasteiger partial charge is 0.397 e. The molecule has 1 aromatic rings. The summed E-state index contributed by atoms with van der Waals surface area (Å²) in [6, 6.07) is 2.59. The van der Waals surface area contributed by atoms with Gasteiger partial charge in [-0.15, -0.1) is 0 Å². The molecule has 0 radical (unpaired) electrons. The molecule has 0 aliphatic rings. The van der Waals surface area contributed by atoms with Crippen LogP contribution in [0.2, 0.25) is 0 Å². The number of nitrogens with two attached hydrogens (primary N) is 1. The molecule has 0 bridgehead atoms. The number of alkyl halides is 2. The molecule has 0 aliphatic carbocycles. The van der Waals surface area contributed by atoms with E-state index in [0.717, 1.165) is 6.92 Å². The SMILES string of the molecule is CCC(F)(F)Oc1c(F)ccc(S(N)(=O)=O)c1C#N. The van der Waals surface area contributed by atoms with Crippen molar-refractivity contribution in [1.29, 1.82) is 5.26 Å². The second-order valence-electron chi connectivity index (χ2n) is 3.50. The number of hydrogen-bond acceptors (Lipinski definition) is 4. The van der Waals surface area contributed by atoms with Crippen LogP contribution in [0.15, 0.2) is 17.0 Å². The lowest BCUT2D eigenvalue weighted by molar-refractivity contribution is -0.178. The highest BCUT2D eigenvalue weighted by atomic mass is 32.2. The van der Waals surface area contributed by atoms with Crippen LogP contribution in [0.3, 0.4) is 0 Å². The molecular weight excluding hydrogens is 285 g/mol. The number of hydrogen-bond donors (Lipinski definition) is 1. The Bertz CT molecular complexity index is 638. The highest BCUT2D eigenvalue weighted by Gasteiger charge is 2.33. The molecule has 0 saturated heterocycles. The third-order valence-electron chi connectivity index (χ3n) is 2.15. The monoisotopic (exact) mass is 294 g/mol. The predicted octanol–water partition coefficient (Wildman–Crippen LogP) is 1.73. The molecule has 0 saturated carbocycles. The van der Waals surface area contributed by atoms with Crippen LogP contribution in [-0.4, -0.2) is 14.5 Å². The van der Waals surface area contributed by atoms with Gasteiger partial charge in [0.2, 0.25) is 10.0 Å². The first-order valence-electron chi connectivity index (χ1n) is 4.94. The summed E-state index contributed by atoms with van der Waals surface area (Å²) in [4.78, 5) is -0.779. The summed E-state index contributed by atoms with van der Waals surface area (Å²) >= 11 is 0. The van der Waals surface area contributed by atoms with Gasteiger partial charge in [0.05, 0.1) is 0 Å². The number of nitrogens with zero attached hydrogens (tertiary/aromatic N) is 1. The van der Waals surface area contributed by atoms with Crippen molar-refractivity contribution in [1.82, 2.24) is 0 Å². The van der Waals surface area contributed by atoms with Crippen molar-refractivity contribution in [3.8, 4) is 11.8 Å². The van der Waals surface area contributed by atoms with Gasteiger partial charge in [-0.2, -0.15) is 14.0 Å². The highest BCUT2D eigenvalue weighted by Crippen LogP contribution is 2.33. The lowest BCUT2D eigenvalue weighted by Crippen LogP contribution is -2.25. The Hall–Kier alpha value is -1.79. The second-order valence-corrected chi connectivity index (χ2v) is 5.03. The van der Waals surface area contributed by atoms with E-state index >= 15 is 0 Å². The zero-order valence-electron chi connectivity index (χ0n) is 9.65. The maximum atomic E-state index is 13.4. The Kier molecular flexibility index (Phi) is 4.07. The second kappa shape index (κ2) is 5.07. The van der Waals surface area contributed by atoms with Gasteiger partial charge in [0, 0.05) is 6.42 Å². The van der Waals surface area contributed by atoms with E-state index in [4.69, 9.17) is 10.4 Å². The number of ether oxygens (including phenoxy) is 1. The molecule has 0 unspecified atom stereocenters. The average molecular weight is 294 g/mol. The van der Waals surface area contributed by atoms with E-state index in [-0.39, 0.29) is 0 Å². The maximum Gasteiger partial charge on any atom is 0.397 e. The summed E-state index contributed by atoms with van der Waals surface area (Å²) in [6.45, 7) is 1.08. The minimum atomic E-state index is -4.36. The Balaban J connectivity index is 3.52. The standard InChI is InChI=1S/C10H9F3N2O3S/c1-2-10(12,13)18-9-6(5-14)8(19(15,16)17)4-3-7(9)11/h3-4H,2H2,1H3,(H2,15,16,17). The molecule has 0 aromatic heterocycles. The summed E-state index contributed by atoms with van der Waals surface area (Å²) in [7, 11) is -4.36. The van der Waals surface area contributed by atoms with Gasteiger partial charge in [-0.3, -0.25) is 0 Å². The Morgan fingerprint density at radius 2 is 2.05 bits per heavy atom. The van der Waals surface area contributed by atoms with Crippen LogP contribution < -0.4 is 9.88 Å². The number of primary sulfonamides is 1. The van der Waals surface area contributed by atoms with E-state index in [9.17, 15) is 21.6 Å². The van der Waals surface area contributed by atoms with E-state index in [0.29, 0.717) is 12.1 Å². The van der Waals surface area contributed by atoms with Crippen molar-refractivity contribution in [2.75, 3.05) is 0 Å². The number of rotatable bonds is 4. The van der Waals surface area contributed by atoms with Gasteiger partial charge < -0.3 is 4.74 Å². The molecule has 5 nitrogen and oxygen atoms in total. The molecule has 1 aromatic carbocycles. The Labute approximate surface area is 107 Å². The van der Waals surface area contributed by atoms with Crippen LogP contribution in [0.5, 0.6) is 5.75 Å². The first-order valence-corrected chi connectivity index (χ1v) is 6.49. The highest BCUT2D eigenvalue weighted by molar-refractivity contribution is 7.89. The molecule has 0 heterocycles. The molecule has 0 spiro atoms. The largest absolute Gasteiger partial charge is 0.428 e. The summed E-state index contributed by atoms with van der Waals surface area (Å²) in [6.07, 6.45) is -4.51. The quantitative estimate of drug-likeness (QED) is 0.915. The fraction of sp³-hybridized carbons (Fsp3) is 0.300. The van der Waals surface area contributed by atoms with Crippen LogP contribution >= 0.6 is 0 Å². The van der Waals surface area contributed by atoms with Gasteiger partial charge >= 0.3 is 6.11 Å². The topological polar surface area (TPSA) is 93.2 Å². The zero-order chi connectivity index (χ0) is 14.8. The minimum Gasteiger partial charge on any atom is -0.428 e. The fourth-order valence-electron chi connectivity index (χ4n) is 1.20. The van der Waals surface area contributed by atoms with E-state index in [1.54, 1.807) is 0 Å². The van der Waals surface area contributed by atoms with E-state index < -0.39 is 44.6 Å². The number of halogens is 3. The molecule has 0 amide bonds. The first kappa shape index (κ1) is 15.3. The van der Waals surface area contributed by atoms with Crippen LogP contribution in [-0.2, 0) is 10.0 Å². The molecule has 19 heavy (non-hydrogen) atoms. The molecule has 0 aliphatic heterocycles. The number of sulfonamides is 1. The Morgan fingerprint density at radius 3 is 2.47 bits per heavy atom. The Morgan fingerprint density at radius 1 is 1.47 bits per heavy atom. The van der Waals surface area contributed by atoms with Crippen molar-refractivity contribution >= 4 is 10.0 Å². The average Bonchev–Trinajstić information content (AvgIpc) is 2.29. The third-order valence-corrected chi connectivity index (χ3v) is 3.11. The van der Waals surface area contributed by atoms with Crippen LogP contribution in [0, 0.1) is 17.1 Å². The van der Waals surface area contributed by atoms with Gasteiger partial charge in [0.15, 0.2) is 11.6 Å². The van der Waals surface area contributed by atoms with Gasteiger partial charge in [-0.1, -0.05) is 6.92 Å². The molecule has 2 N–H and O–H groups in total. The minimum absolute atomic E-state index is 0.585. The van der Waals surface area contributed by atoms with Crippen LogP contribution in [0.1, 0.15) is 18.9 Å². The third kappa shape index (κ3) is 3.36. The zero-order valence-corrected chi connectivity index (χ0v) is 10.5. The van der Waals surface area contributed by atoms with Crippen LogP contribution in [0.25, 0.3) is 0 Å². The first-order chi connectivity index (χ1) is 8.62. The lowest BCUT2D eigenvalue weighted by Gasteiger charge is -2.18. The lowest BCUT2D eigenvalue weighted by atomic mass is 10.2. The predicted molar refractivity (Wildman–Crippen MR) is 58.4 cm³/mol. The molecule has 9 heteroatoms. The van der Waals surface area contributed by atoms with E-state index in [2.05, 4.69) is 4.74 Å². The van der Waals surface area contributed by atoms with E-state index in [1.807, 2.05) is 0 Å². The van der Waals surface area contributed by atoms with Gasteiger partial charge in [0.1, 0.15) is 16.5 Å². The molecule has 0 atom stereocenters. The van der Waals surface area contributed by atoms with Gasteiger partial charge in [-0.05, 0) is 12.1 Å². The fourth-order valence-corrected chi connectivity index (χ4v) is 1.88. The summed E-state index contributed by atoms with van der Waals surface area (Å²) in [5.74, 6) is -2.42. The molecular formula is C10H9F3N2O3S. The van der Waals surface area contributed by atoms with Gasteiger partial charge in [-0.25, -0.2) is 17.9 Å².